The molecule has 2 nitrogen and oxygen atoms in total. The maximum atomic E-state index is 6.39. The molecular weight excluding hydrogens is 577 g/mol. The first-order chi connectivity index (χ1) is 14.4. The van der Waals surface area contributed by atoms with E-state index in [0.717, 1.165) is 0 Å². The summed E-state index contributed by atoms with van der Waals surface area (Å²) >= 11 is 0. The minimum atomic E-state index is -1.64. The van der Waals surface area contributed by atoms with Crippen LogP contribution in [-0.4, -0.2) is 86.8 Å². The topological polar surface area (TPSA) is 18.5 Å². The van der Waals surface area contributed by atoms with Gasteiger partial charge in [-0.05, 0) is 26.2 Å². The number of hydrogen-bond donors (Lipinski definition) is 0. The summed E-state index contributed by atoms with van der Waals surface area (Å²) < 4.78 is 12.8. The molecule has 0 aromatic heterocycles. The first-order valence-electron chi connectivity index (χ1n) is 13.5. The quantitative estimate of drug-likeness (QED) is 0.212. The third-order valence-electron chi connectivity index (χ3n) is 15.0. The Kier molecular flexibility index (Phi) is 10.5. The first kappa shape index (κ1) is 36.1. The van der Waals surface area contributed by atoms with Crippen molar-refractivity contribution in [2.75, 3.05) is 14.2 Å². The van der Waals surface area contributed by atoms with Gasteiger partial charge in [0.05, 0.1) is 14.2 Å². The largest absolute Gasteiger partial charge is 0.423 e. The Morgan fingerprint density at radius 3 is 0.471 bits per heavy atom. The lowest BCUT2D eigenvalue weighted by atomic mass is 11.8. The number of rotatable bonds is 11. The van der Waals surface area contributed by atoms with Gasteiger partial charge in [-0.3, -0.25) is 0 Å². The van der Waals surface area contributed by atoms with E-state index >= 15 is 0 Å². The van der Waals surface area contributed by atoms with E-state index in [4.69, 9.17) is 8.85 Å². The second-order valence-electron chi connectivity index (χ2n) is 16.4. The third-order valence-corrected chi connectivity index (χ3v) is 235. The highest BCUT2D eigenvalue weighted by Gasteiger charge is 2.72. The Morgan fingerprint density at radius 1 is 0.235 bits per heavy atom. The van der Waals surface area contributed by atoms with Gasteiger partial charge < -0.3 is 8.85 Å². The molecule has 0 aromatic rings. The maximum absolute atomic E-state index is 6.39. The maximum Gasteiger partial charge on any atom is 0.170 e. The summed E-state index contributed by atoms with van der Waals surface area (Å²) in [5.41, 5.74) is 0. The van der Waals surface area contributed by atoms with E-state index in [9.17, 15) is 0 Å². The van der Waals surface area contributed by atoms with Crippen molar-refractivity contribution in [3.63, 3.8) is 0 Å². The second-order valence-corrected chi connectivity index (χ2v) is 129. The van der Waals surface area contributed by atoms with Crippen LogP contribution in [-0.2, 0) is 8.85 Å². The van der Waals surface area contributed by atoms with Crippen molar-refractivity contribution >= 4 is 72.5 Å². The van der Waals surface area contributed by atoms with Crippen LogP contribution in [0.5, 0.6) is 0 Å². The van der Waals surface area contributed by atoms with Crippen LogP contribution in [0.25, 0.3) is 0 Å². The van der Waals surface area contributed by atoms with Gasteiger partial charge in [0.15, 0.2) is 15.7 Å². The van der Waals surface area contributed by atoms with Crippen LogP contribution in [0.1, 0.15) is 0 Å². The monoisotopic (exact) mass is 642 g/mol. The molecule has 0 atom stereocenters. The molecule has 0 fully saturated rings. The molecule has 0 aromatic carbocycles. The van der Waals surface area contributed by atoms with E-state index in [-0.39, 0.29) is 0 Å². The van der Waals surface area contributed by atoms with Gasteiger partial charge in [0.25, 0.3) is 0 Å². The molecule has 206 valence electrons. The van der Waals surface area contributed by atoms with Crippen molar-refractivity contribution in [3.05, 3.63) is 0 Å². The first-order valence-corrected chi connectivity index (χ1v) is 52.3. The van der Waals surface area contributed by atoms with Crippen LogP contribution in [0.2, 0.25) is 131 Å². The molecule has 0 aliphatic carbocycles. The lowest BCUT2D eigenvalue weighted by molar-refractivity contribution is 0.420. The Labute approximate surface area is 225 Å². The average Bonchev–Trinajstić information content (AvgIpc) is 2.66. The minimum absolute atomic E-state index is 1.44. The smallest absolute Gasteiger partial charge is 0.170 e. The SMILES string of the molecule is CO[Si](C)(C)[Si](C)(C)[Si](C)(C)[Si](C)(C)[Si](C)(C)[Si](C)(C)[Si](C)(C)[Si](C)(C)[Si](C)(C)[Si](C)(C)OC. The zero-order valence-electron chi connectivity index (χ0n) is 27.8. The summed E-state index contributed by atoms with van der Waals surface area (Å²) in [6, 6.07) is 0. The van der Waals surface area contributed by atoms with Crippen LogP contribution in [0.15, 0.2) is 0 Å². The van der Waals surface area contributed by atoms with Crippen LogP contribution in [0, 0.1) is 0 Å². The van der Waals surface area contributed by atoms with E-state index in [1.165, 1.54) is 0 Å². The molecule has 0 amide bonds. The third kappa shape index (κ3) is 4.70. The molecule has 0 aliphatic heterocycles. The summed E-state index contributed by atoms with van der Waals surface area (Å²) in [4.78, 5) is 0. The van der Waals surface area contributed by atoms with Gasteiger partial charge in [-0.1, -0.05) is 105 Å². The lowest BCUT2D eigenvalue weighted by Crippen LogP contribution is -2.95. The molecule has 0 unspecified atom stereocenters. The lowest BCUT2D eigenvalue weighted by Gasteiger charge is -2.67. The normalized spacial score (nSPS) is 16.8. The Morgan fingerprint density at radius 2 is 0.353 bits per heavy atom. The van der Waals surface area contributed by atoms with Gasteiger partial charge >= 0.3 is 0 Å². The van der Waals surface area contributed by atoms with E-state index < -0.39 is 72.5 Å². The Hall–Kier alpha value is 2.09. The van der Waals surface area contributed by atoms with Crippen molar-refractivity contribution in [1.29, 1.82) is 0 Å². The van der Waals surface area contributed by atoms with E-state index in [0.29, 0.717) is 0 Å². The fraction of sp³-hybridized carbons (Fsp3) is 1.00. The summed E-state index contributed by atoms with van der Waals surface area (Å²) in [6.45, 7) is 56.0. The minimum Gasteiger partial charge on any atom is -0.423 e. The van der Waals surface area contributed by atoms with Crippen molar-refractivity contribution in [1.82, 2.24) is 0 Å². The molecule has 0 spiro atoms. The molecule has 0 saturated carbocycles. The fourth-order valence-corrected chi connectivity index (χ4v) is 311. The number of hydrogen-bond acceptors (Lipinski definition) is 2. The molecule has 0 radical (unpaired) electrons. The van der Waals surface area contributed by atoms with Crippen molar-refractivity contribution in [2.45, 2.75) is 131 Å². The Balaban J connectivity index is 7.06. The van der Waals surface area contributed by atoms with Gasteiger partial charge in [0, 0.05) is 56.9 Å². The van der Waals surface area contributed by atoms with Gasteiger partial charge in [0.2, 0.25) is 0 Å². The van der Waals surface area contributed by atoms with Crippen LogP contribution < -0.4 is 0 Å². The van der Waals surface area contributed by atoms with Gasteiger partial charge in [-0.15, -0.1) is 0 Å². The van der Waals surface area contributed by atoms with Crippen molar-refractivity contribution < 1.29 is 8.85 Å². The highest BCUT2D eigenvalue weighted by Crippen LogP contribution is 2.47. The molecule has 0 rings (SSSR count). The molecule has 0 saturated heterocycles. The standard InChI is InChI=1S/C22H66O2Si10/c1-23-25(3,4)27(7,8)29(11,12)31(15,16)33(19,20)34(21,22)32(17,18)30(13,14)28(9,10)26(5,6)24-2/h1-22H3. The summed E-state index contributed by atoms with van der Waals surface area (Å²) in [7, 11) is -10.8. The summed E-state index contributed by atoms with van der Waals surface area (Å²) in [5.74, 6) is 0. The highest BCUT2D eigenvalue weighted by atomic mass is 30.1. The zero-order chi connectivity index (χ0) is 28.4. The van der Waals surface area contributed by atoms with Crippen molar-refractivity contribution in [2.24, 2.45) is 0 Å². The summed E-state index contributed by atoms with van der Waals surface area (Å²) in [6.07, 6.45) is 0. The molecule has 0 N–H and O–H groups in total. The molecule has 0 aliphatic rings. The Bertz CT molecular complexity index is 676. The molecule has 34 heavy (non-hydrogen) atoms. The molecule has 0 heterocycles. The van der Waals surface area contributed by atoms with Gasteiger partial charge in [-0.25, -0.2) is 0 Å². The molecule has 12 heteroatoms. The van der Waals surface area contributed by atoms with E-state index in [1.54, 1.807) is 0 Å². The summed E-state index contributed by atoms with van der Waals surface area (Å²) in [5, 5.41) is 0. The van der Waals surface area contributed by atoms with Crippen molar-refractivity contribution in [3.8, 4) is 0 Å². The fourth-order valence-electron chi connectivity index (χ4n) is 6.70. The zero-order valence-corrected chi connectivity index (χ0v) is 37.8. The average molecular weight is 644 g/mol. The molecular formula is C22H66O2Si10. The van der Waals surface area contributed by atoms with Gasteiger partial charge in [-0.2, -0.15) is 0 Å². The van der Waals surface area contributed by atoms with Crippen LogP contribution in [0.4, 0.5) is 0 Å². The molecule has 0 bridgehead atoms. The predicted molar refractivity (Wildman–Crippen MR) is 189 cm³/mol. The van der Waals surface area contributed by atoms with Gasteiger partial charge in [0.1, 0.15) is 0 Å². The van der Waals surface area contributed by atoms with E-state index in [1.807, 2.05) is 14.2 Å². The van der Waals surface area contributed by atoms with E-state index in [2.05, 4.69) is 131 Å². The highest BCUT2D eigenvalue weighted by molar-refractivity contribution is 8.06. The predicted octanol–water partition coefficient (Wildman–Crippen LogP) is 8.06. The van der Waals surface area contributed by atoms with Crippen LogP contribution in [0.3, 0.4) is 0 Å². The van der Waals surface area contributed by atoms with Crippen LogP contribution >= 0.6 is 0 Å². The second kappa shape index (κ2) is 9.93.